The lowest BCUT2D eigenvalue weighted by Crippen LogP contribution is -2.10. The predicted octanol–water partition coefficient (Wildman–Crippen LogP) is 13.0. The Morgan fingerprint density at radius 2 is 0.455 bits per heavy atom. The van der Waals surface area contributed by atoms with Crippen LogP contribution in [-0.2, 0) is 21.7 Å². The summed E-state index contributed by atoms with van der Waals surface area (Å²) in [6, 6.07) is 32.9. The van der Waals surface area contributed by atoms with Gasteiger partial charge in [-0.15, -0.1) is 0 Å². The third kappa shape index (κ3) is 15.0. The van der Waals surface area contributed by atoms with Crippen molar-refractivity contribution in [2.24, 2.45) is 0 Å². The molecule has 0 atom stereocenters. The summed E-state index contributed by atoms with van der Waals surface area (Å²) >= 11 is 0. The van der Waals surface area contributed by atoms with Gasteiger partial charge >= 0.3 is 0 Å². The fourth-order valence-electron chi connectivity index (χ4n) is 4.11. The molecule has 0 fully saturated rings. The van der Waals surface area contributed by atoms with Crippen molar-refractivity contribution in [3.8, 4) is 0 Å². The Morgan fingerprint density at radius 1 is 0.295 bits per heavy atom. The Bertz CT molecular complexity index is 1120. The van der Waals surface area contributed by atoms with Gasteiger partial charge in [0.05, 0.1) is 0 Å². The van der Waals surface area contributed by atoms with E-state index in [1.165, 1.54) is 51.1 Å². The van der Waals surface area contributed by atoms with Crippen LogP contribution in [0.5, 0.6) is 0 Å². The number of hydrogen-bond donors (Lipinski definition) is 0. The monoisotopic (exact) mass is 596 g/mol. The van der Waals surface area contributed by atoms with Crippen LogP contribution in [0.25, 0.3) is 0 Å². The van der Waals surface area contributed by atoms with E-state index in [0.717, 1.165) is 0 Å². The highest BCUT2D eigenvalue weighted by Crippen LogP contribution is 2.24. The fraction of sp³-hybridized carbons (Fsp3) is 0.442. The first-order valence-electron chi connectivity index (χ1n) is 16.0. The summed E-state index contributed by atoms with van der Waals surface area (Å²) in [6.07, 6.45) is 0. The minimum Gasteiger partial charge on any atom is -0.207 e. The normalized spacial score (nSPS) is 11.6. The van der Waals surface area contributed by atoms with Gasteiger partial charge in [0.25, 0.3) is 0 Å². The zero-order chi connectivity index (χ0) is 33.9. The average molecular weight is 597 g/mol. The third-order valence-electron chi connectivity index (χ3n) is 7.46. The van der Waals surface area contributed by atoms with Crippen LogP contribution >= 0.6 is 0 Å². The molecule has 0 bridgehead atoms. The van der Waals surface area contributed by atoms with E-state index in [1.54, 1.807) is 0 Å². The summed E-state index contributed by atoms with van der Waals surface area (Å²) in [4.78, 5) is 0. The maximum atomic E-state index is 12.5. The van der Waals surface area contributed by atoms with Gasteiger partial charge in [0.15, 0.2) is 0 Å². The molecule has 0 aliphatic carbocycles. The molecule has 0 amide bonds. The van der Waals surface area contributed by atoms with Crippen LogP contribution in [0.15, 0.2) is 97.1 Å². The molecule has 0 unspecified atom stereocenters. The third-order valence-corrected chi connectivity index (χ3v) is 7.46. The lowest BCUT2D eigenvalue weighted by Gasteiger charge is -2.18. The number of aryl methyl sites for hydroxylation is 3. The largest absolute Gasteiger partial charge is 0.207 e. The molecule has 4 aromatic carbocycles. The number of benzene rings is 4. The Labute approximate surface area is 271 Å². The molecule has 240 valence electrons. The lowest BCUT2D eigenvalue weighted by molar-refractivity contribution is 0.583. The molecule has 0 nitrogen and oxygen atoms in total. The van der Waals surface area contributed by atoms with Gasteiger partial charge in [-0.25, -0.2) is 4.39 Å². The van der Waals surface area contributed by atoms with E-state index < -0.39 is 0 Å². The molecular formula is C43H61F. The van der Waals surface area contributed by atoms with Crippen LogP contribution in [0, 0.1) is 26.6 Å². The molecule has 0 aliphatic rings. The van der Waals surface area contributed by atoms with E-state index in [2.05, 4.69) is 177 Å². The maximum absolute atomic E-state index is 12.5. The topological polar surface area (TPSA) is 0 Å². The van der Waals surface area contributed by atoms with Gasteiger partial charge in [-0.3, -0.25) is 0 Å². The molecule has 0 radical (unpaired) electrons. The first-order valence-corrected chi connectivity index (χ1v) is 16.0. The molecule has 0 N–H and O–H groups in total. The van der Waals surface area contributed by atoms with Crippen molar-refractivity contribution in [2.45, 2.75) is 126 Å². The zero-order valence-electron chi connectivity index (χ0n) is 30.6. The quantitative estimate of drug-likeness (QED) is 0.189. The van der Waals surface area contributed by atoms with Gasteiger partial charge in [0.2, 0.25) is 0 Å². The van der Waals surface area contributed by atoms with Gasteiger partial charge in [-0.1, -0.05) is 185 Å². The van der Waals surface area contributed by atoms with Crippen molar-refractivity contribution in [1.82, 2.24) is 0 Å². The van der Waals surface area contributed by atoms with E-state index >= 15 is 0 Å². The minimum atomic E-state index is -0.169. The van der Waals surface area contributed by atoms with Gasteiger partial charge in [0.1, 0.15) is 5.82 Å². The van der Waals surface area contributed by atoms with Crippen molar-refractivity contribution in [2.75, 3.05) is 0 Å². The second-order valence-corrected chi connectivity index (χ2v) is 16.1. The summed E-state index contributed by atoms with van der Waals surface area (Å²) < 4.78 is 12.5. The Kier molecular flexibility index (Phi) is 14.3. The molecule has 0 saturated heterocycles. The molecule has 0 spiro atoms. The predicted molar refractivity (Wildman–Crippen MR) is 195 cm³/mol. The fourth-order valence-corrected chi connectivity index (χ4v) is 4.11. The minimum absolute atomic E-state index is 0.119. The number of halogens is 1. The Morgan fingerprint density at radius 3 is 0.614 bits per heavy atom. The van der Waals surface area contributed by atoms with Crippen LogP contribution in [-0.4, -0.2) is 0 Å². The molecular weight excluding hydrogens is 535 g/mol. The summed E-state index contributed by atoms with van der Waals surface area (Å²) in [7, 11) is 0. The van der Waals surface area contributed by atoms with Crippen LogP contribution < -0.4 is 0 Å². The van der Waals surface area contributed by atoms with E-state index in [0.29, 0.717) is 0 Å². The van der Waals surface area contributed by atoms with Crippen molar-refractivity contribution in [3.63, 3.8) is 0 Å². The molecule has 0 saturated carbocycles. The number of hydrogen-bond acceptors (Lipinski definition) is 0. The first-order chi connectivity index (χ1) is 20.0. The zero-order valence-corrected chi connectivity index (χ0v) is 30.6. The molecule has 4 rings (SSSR count). The highest BCUT2D eigenvalue weighted by molar-refractivity contribution is 5.28. The average Bonchev–Trinajstić information content (AvgIpc) is 2.89. The van der Waals surface area contributed by atoms with Crippen molar-refractivity contribution >= 4 is 0 Å². The number of rotatable bonds is 0. The summed E-state index contributed by atoms with van der Waals surface area (Å²) in [5.41, 5.74) is 10.4. The van der Waals surface area contributed by atoms with Crippen molar-refractivity contribution < 1.29 is 4.39 Å². The summed E-state index contributed by atoms with van der Waals surface area (Å²) in [5, 5.41) is 0. The highest BCUT2D eigenvalue weighted by Gasteiger charge is 2.14. The van der Waals surface area contributed by atoms with Gasteiger partial charge in [-0.05, 0) is 76.8 Å². The van der Waals surface area contributed by atoms with E-state index in [4.69, 9.17) is 0 Å². The van der Waals surface area contributed by atoms with Crippen LogP contribution in [0.2, 0.25) is 0 Å². The van der Waals surface area contributed by atoms with Gasteiger partial charge in [0, 0.05) is 0 Å². The van der Waals surface area contributed by atoms with Crippen molar-refractivity contribution in [1.29, 1.82) is 0 Å². The van der Waals surface area contributed by atoms with Crippen LogP contribution in [0.1, 0.15) is 122 Å². The standard InChI is InChI=1S/3C11H16.C10H13F/c3*1-9-5-7-10(8-6-9)11(2,3)4;1-10(2,3)8-4-6-9(11)7-5-8/h3*5-8H,1-4H3;4-7H,1-3H3. The summed E-state index contributed by atoms with van der Waals surface area (Å²) in [5.74, 6) is -0.169. The van der Waals surface area contributed by atoms with E-state index in [9.17, 15) is 4.39 Å². The van der Waals surface area contributed by atoms with Crippen LogP contribution in [0.4, 0.5) is 4.39 Å². The first kappa shape index (κ1) is 38.8. The molecule has 4 aromatic rings. The maximum Gasteiger partial charge on any atom is 0.123 e. The van der Waals surface area contributed by atoms with Gasteiger partial charge in [-0.2, -0.15) is 0 Å². The highest BCUT2D eigenvalue weighted by atomic mass is 19.1. The van der Waals surface area contributed by atoms with Gasteiger partial charge < -0.3 is 0 Å². The van der Waals surface area contributed by atoms with E-state index in [-0.39, 0.29) is 27.5 Å². The molecule has 0 aliphatic heterocycles. The molecule has 44 heavy (non-hydrogen) atoms. The molecule has 1 heteroatoms. The second kappa shape index (κ2) is 16.2. The molecule has 0 aromatic heterocycles. The van der Waals surface area contributed by atoms with E-state index in [1.807, 2.05) is 12.1 Å². The van der Waals surface area contributed by atoms with Crippen molar-refractivity contribution in [3.05, 3.63) is 142 Å². The summed E-state index contributed by atoms with van der Waals surface area (Å²) in [6.45, 7) is 32.8. The Hall–Kier alpha value is -3.19. The Balaban J connectivity index is 0.000000293. The lowest BCUT2D eigenvalue weighted by atomic mass is 9.87. The van der Waals surface area contributed by atoms with Crippen LogP contribution in [0.3, 0.4) is 0 Å². The SMILES string of the molecule is CC(C)(C)c1ccc(F)cc1.Cc1ccc(C(C)(C)C)cc1.Cc1ccc(C(C)(C)C)cc1.Cc1ccc(C(C)(C)C)cc1. The molecule has 0 heterocycles. The smallest absolute Gasteiger partial charge is 0.123 e. The second-order valence-electron chi connectivity index (χ2n) is 16.1.